The van der Waals surface area contributed by atoms with Gasteiger partial charge in [0.25, 0.3) is 0 Å². The summed E-state index contributed by atoms with van der Waals surface area (Å²) in [5, 5.41) is 69.2. The molecule has 12 N–H and O–H groups in total. The second-order valence-corrected chi connectivity index (χ2v) is 20.7. The van der Waals surface area contributed by atoms with Crippen LogP contribution in [0.5, 0.6) is 0 Å². The number of nitrogens with one attached hydrogen (secondary N) is 1. The lowest BCUT2D eigenvalue weighted by Gasteiger charge is -2.08. The second kappa shape index (κ2) is 42.1. The normalized spacial score (nSPS) is 11.3. The van der Waals surface area contributed by atoms with Gasteiger partial charge in [0, 0.05) is 42.6 Å². The Labute approximate surface area is 565 Å². The van der Waals surface area contributed by atoms with Crippen LogP contribution in [0.2, 0.25) is 0 Å². The molecule has 0 aromatic heterocycles. The van der Waals surface area contributed by atoms with Crippen molar-refractivity contribution in [1.82, 2.24) is 5.32 Å². The number of rotatable bonds is 8. The second-order valence-electron chi connectivity index (χ2n) is 19.8. The van der Waals surface area contributed by atoms with Crippen molar-refractivity contribution in [3.63, 3.8) is 0 Å². The number of ether oxygens (including phenoxy) is 1. The van der Waals surface area contributed by atoms with Gasteiger partial charge in [-0.2, -0.15) is 17.6 Å². The number of aryl methyl sites for hydroxylation is 2. The van der Waals surface area contributed by atoms with Gasteiger partial charge in [-0.1, -0.05) is 86.3 Å². The average molecular weight is 1440 g/mol. The number of para-hydroxylation sites is 1. The Kier molecular flexibility index (Phi) is 35.9. The highest BCUT2D eigenvalue weighted by atomic mass is 79.9. The summed E-state index contributed by atoms with van der Waals surface area (Å²) in [6, 6.07) is 35.8. The Balaban J connectivity index is 0.000000389. The lowest BCUT2D eigenvalue weighted by Crippen LogP contribution is -2.29. The van der Waals surface area contributed by atoms with E-state index in [0.717, 1.165) is 38.5 Å². The van der Waals surface area contributed by atoms with Gasteiger partial charge in [-0.15, -0.1) is 0 Å². The summed E-state index contributed by atoms with van der Waals surface area (Å²) in [5.74, 6) is -5.86. The van der Waals surface area contributed by atoms with Crippen LogP contribution < -0.4 is 33.7 Å². The topological polar surface area (TPSA) is 359 Å². The molecule has 32 heteroatoms. The molecule has 2 heterocycles. The van der Waals surface area contributed by atoms with Crippen molar-refractivity contribution in [3.8, 4) is 33.4 Å². The fraction of sp³-hybridized carbons (Fsp3) is 0.182. The van der Waals surface area contributed by atoms with Crippen molar-refractivity contribution in [2.24, 2.45) is 0 Å². The minimum absolute atomic E-state index is 0. The third kappa shape index (κ3) is 25.9. The third-order valence-electron chi connectivity index (χ3n) is 13.1. The van der Waals surface area contributed by atoms with Gasteiger partial charge in [0.15, 0.2) is 5.82 Å². The maximum Gasteiger partial charge on any atom is 0.488 e. The summed E-state index contributed by atoms with van der Waals surface area (Å²) in [6.07, 6.45) is 5.33. The first-order valence-corrected chi connectivity index (χ1v) is 29.2. The maximum atomic E-state index is 14.0. The standard InChI is InChI=1S/C13H9F2NO2.C13H11F2N.C12H8F2N2O2.C6H6BFO2.C6H4BrFN2O2.C6H5FN2O2.C4H9N.C4H8O.CH4O.CH4/c1-8-2-7-11(12(15)13(8)16(17)18)9-3-5-10(14)6-4-9;1-8-2-7-11(12(15)13(8)16)9-3-5-10(14)6-4-9;13-8-3-1-7(2-4-8)9-5-6-10(15)12(11(9)14)16(17)18;8-6-3-1-5(2-4-6)7(9)10;7-3-1-2-4(9)6(5(3)8)10(11)12;7-4-2-1-3-5(8)6(4)9(10)11;2*1-2-4-5-3-1;1-2;/h2-7H,1H3;2-7H,16H2,1H3;1-6H,15H2;1-4,9-10H;1-2H,9H2;1-3H,8H2;5H,1-4H2;1-4H2;2H,1H3;1H4. The molecule has 2 aliphatic heterocycles. The van der Waals surface area contributed by atoms with Crippen molar-refractivity contribution in [2.75, 3.05) is 56.3 Å². The van der Waals surface area contributed by atoms with Crippen LogP contribution in [0.1, 0.15) is 44.2 Å². The first-order valence-electron chi connectivity index (χ1n) is 28.4. The van der Waals surface area contributed by atoms with Gasteiger partial charge >= 0.3 is 29.9 Å². The first kappa shape index (κ1) is 83.6. The minimum Gasteiger partial charge on any atom is -0.423 e. The molecule has 98 heavy (non-hydrogen) atoms. The van der Waals surface area contributed by atoms with Crippen LogP contribution in [-0.4, -0.2) is 75.4 Å². The molecule has 2 fully saturated rings. The first-order chi connectivity index (χ1) is 46.0. The molecule has 0 saturated carbocycles. The van der Waals surface area contributed by atoms with Gasteiger partial charge in [-0.05, 0) is 181 Å². The Morgan fingerprint density at radius 3 is 1.12 bits per heavy atom. The summed E-state index contributed by atoms with van der Waals surface area (Å²) in [7, 11) is -0.513. The molecule has 0 radical (unpaired) electrons. The van der Waals surface area contributed by atoms with Crippen LogP contribution in [0.15, 0.2) is 168 Å². The highest BCUT2D eigenvalue weighted by Gasteiger charge is 2.25. The number of hydrogen-bond donors (Lipinski definition) is 8. The molecule has 522 valence electrons. The zero-order valence-electron chi connectivity index (χ0n) is 51.7. The summed E-state index contributed by atoms with van der Waals surface area (Å²) >= 11 is 2.81. The van der Waals surface area contributed by atoms with Crippen LogP contribution in [0.4, 0.5) is 85.0 Å². The highest BCUT2D eigenvalue weighted by Crippen LogP contribution is 2.35. The number of nitrogen functional groups attached to an aromatic ring is 4. The predicted octanol–water partition coefficient (Wildman–Crippen LogP) is 14.8. The highest BCUT2D eigenvalue weighted by molar-refractivity contribution is 9.10. The van der Waals surface area contributed by atoms with Gasteiger partial charge in [-0.25, -0.2) is 22.0 Å². The number of nitro benzene ring substituents is 4. The molecule has 0 aliphatic carbocycles. The average Bonchev–Trinajstić information content (AvgIpc) is 1.34. The van der Waals surface area contributed by atoms with Crippen molar-refractivity contribution in [3.05, 3.63) is 272 Å². The lowest BCUT2D eigenvalue weighted by molar-refractivity contribution is -0.388. The number of aliphatic hydroxyl groups is 1. The zero-order valence-corrected chi connectivity index (χ0v) is 53.3. The van der Waals surface area contributed by atoms with Gasteiger partial charge in [0.05, 0.1) is 29.9 Å². The van der Waals surface area contributed by atoms with E-state index in [1.165, 1.54) is 179 Å². The molecule has 9 aromatic rings. The predicted molar refractivity (Wildman–Crippen MR) is 363 cm³/mol. The van der Waals surface area contributed by atoms with Gasteiger partial charge < -0.3 is 48.1 Å². The number of benzene rings is 9. The molecule has 11 rings (SSSR count). The number of nitro groups is 4. The summed E-state index contributed by atoms with van der Waals surface area (Å²) in [6.45, 7) is 7.71. The van der Waals surface area contributed by atoms with Crippen molar-refractivity contribution in [1.29, 1.82) is 0 Å². The number of aliphatic hydroxyl groups excluding tert-OH is 1. The van der Waals surface area contributed by atoms with E-state index in [9.17, 15) is 80.0 Å². The van der Waals surface area contributed by atoms with Crippen LogP contribution in [0.25, 0.3) is 33.4 Å². The van der Waals surface area contributed by atoms with E-state index in [0.29, 0.717) is 33.3 Å². The number of nitrogens with two attached hydrogens (primary N) is 4. The molecule has 2 aliphatic rings. The van der Waals surface area contributed by atoms with Crippen LogP contribution in [0, 0.1) is 107 Å². The summed E-state index contributed by atoms with van der Waals surface area (Å²) in [4.78, 5) is 38.6. The molecule has 2 saturated heterocycles. The zero-order chi connectivity index (χ0) is 72.6. The molecule has 0 amide bonds. The van der Waals surface area contributed by atoms with E-state index in [1.807, 2.05) is 0 Å². The van der Waals surface area contributed by atoms with E-state index in [1.54, 1.807) is 19.1 Å². The molecule has 21 nitrogen and oxygen atoms in total. The third-order valence-corrected chi connectivity index (χ3v) is 13.7. The van der Waals surface area contributed by atoms with Crippen molar-refractivity contribution < 1.29 is 79.1 Å². The van der Waals surface area contributed by atoms with Gasteiger partial charge in [-0.3, -0.25) is 40.5 Å². The molecule has 0 atom stereocenters. The SMILES string of the molecule is C.C1CCNC1.C1CCOC1.CO.Cc1ccc(-c2ccc(F)cc2)c(F)c1N.Cc1ccc(-c2ccc(F)cc2)c(F)c1[N+](=O)[O-].Nc1ccc(-c2ccc(F)cc2)c(F)c1[N+](=O)[O-].Nc1ccc(Br)c(F)c1[N+](=O)[O-].Nc1cccc(F)c1[N+](=O)[O-].OB(O)c1ccc(F)cc1. The summed E-state index contributed by atoms with van der Waals surface area (Å²) in [5.41, 5.74) is 21.3. The largest absolute Gasteiger partial charge is 0.488 e. The Bertz CT molecular complexity index is 3900. The van der Waals surface area contributed by atoms with E-state index in [-0.39, 0.29) is 63.0 Å². The fourth-order valence-corrected chi connectivity index (χ4v) is 8.45. The molecule has 9 aromatic carbocycles. The van der Waals surface area contributed by atoms with E-state index < -0.39 is 90.3 Å². The van der Waals surface area contributed by atoms with Gasteiger partial charge in [0.2, 0.25) is 23.3 Å². The molecule has 0 unspecified atom stereocenters. The van der Waals surface area contributed by atoms with E-state index in [4.69, 9.17) is 42.8 Å². The Hall–Kier alpha value is -10.5. The lowest BCUT2D eigenvalue weighted by atomic mass is 9.80. The maximum absolute atomic E-state index is 14.0. The minimum atomic E-state index is -1.51. The number of hydrogen-bond acceptors (Lipinski definition) is 17. The van der Waals surface area contributed by atoms with Crippen LogP contribution in [0.3, 0.4) is 0 Å². The molecule has 0 bridgehead atoms. The molecular formula is C66H68BBrF9N9O12. The summed E-state index contributed by atoms with van der Waals surface area (Å²) < 4.78 is 123. The van der Waals surface area contributed by atoms with Crippen molar-refractivity contribution >= 4 is 74.0 Å². The van der Waals surface area contributed by atoms with Crippen molar-refractivity contribution in [2.45, 2.75) is 47.0 Å². The number of halogens is 10. The molecular weight excluding hydrogens is 1370 g/mol. The number of anilines is 4. The Morgan fingerprint density at radius 2 is 0.786 bits per heavy atom. The van der Waals surface area contributed by atoms with Gasteiger partial charge in [0.1, 0.15) is 40.3 Å². The number of nitrogens with zero attached hydrogens (tertiary/aromatic N) is 4. The Morgan fingerprint density at radius 1 is 0.439 bits per heavy atom. The monoisotopic (exact) mass is 1440 g/mol. The quantitative estimate of drug-likeness (QED) is 0.0230. The van der Waals surface area contributed by atoms with Crippen LogP contribution in [-0.2, 0) is 4.74 Å². The fourth-order valence-electron chi connectivity index (χ4n) is 8.13. The van der Waals surface area contributed by atoms with E-state index >= 15 is 0 Å². The van der Waals surface area contributed by atoms with Crippen LogP contribution >= 0.6 is 15.9 Å². The smallest absolute Gasteiger partial charge is 0.423 e. The van der Waals surface area contributed by atoms with E-state index in [2.05, 4.69) is 21.2 Å². The molecule has 0 spiro atoms.